The molecule has 0 radical (unpaired) electrons. The molecule has 1 aliphatic heterocycles. The van der Waals surface area contributed by atoms with Gasteiger partial charge in [-0.25, -0.2) is 9.48 Å². The molecule has 0 N–H and O–H groups in total. The molecule has 5 heteroatoms. The molecule has 0 saturated carbocycles. The summed E-state index contributed by atoms with van der Waals surface area (Å²) >= 11 is 0. The van der Waals surface area contributed by atoms with Gasteiger partial charge in [-0.05, 0) is 6.92 Å². The van der Waals surface area contributed by atoms with Crippen LogP contribution in [0.25, 0.3) is 0 Å². The maximum absolute atomic E-state index is 11.5. The number of hydrogen-bond donors (Lipinski definition) is 0. The van der Waals surface area contributed by atoms with Gasteiger partial charge in [0.05, 0.1) is 13.2 Å². The van der Waals surface area contributed by atoms with Gasteiger partial charge in [-0.2, -0.15) is 5.10 Å². The van der Waals surface area contributed by atoms with Crippen LogP contribution in [0.4, 0.5) is 0 Å². The van der Waals surface area contributed by atoms with Crippen LogP contribution in [0.15, 0.2) is 4.79 Å². The Bertz CT molecular complexity index is 339. The molecule has 0 amide bonds. The van der Waals surface area contributed by atoms with Gasteiger partial charge in [0.2, 0.25) is 0 Å². The lowest BCUT2D eigenvalue weighted by molar-refractivity contribution is 0.0805. The number of nitrogens with zero attached hydrogens (tertiary/aromatic N) is 3. The number of hydrogen-bond acceptors (Lipinski definition) is 3. The Morgan fingerprint density at radius 1 is 1.67 bits per heavy atom. The van der Waals surface area contributed by atoms with Crippen molar-refractivity contribution in [3.05, 3.63) is 16.3 Å². The van der Waals surface area contributed by atoms with Crippen LogP contribution >= 0.6 is 0 Å². The molecule has 0 unspecified atom stereocenters. The molecule has 1 aromatic heterocycles. The van der Waals surface area contributed by atoms with E-state index in [1.54, 1.807) is 4.57 Å². The molecule has 5 nitrogen and oxygen atoms in total. The first-order valence-electron chi connectivity index (χ1n) is 4.07. The van der Waals surface area contributed by atoms with Crippen molar-refractivity contribution < 1.29 is 4.74 Å². The first-order valence-corrected chi connectivity index (χ1v) is 4.07. The summed E-state index contributed by atoms with van der Waals surface area (Å²) in [4.78, 5) is 11.5. The number of fused-ring (bicyclic) bond motifs is 1. The summed E-state index contributed by atoms with van der Waals surface area (Å²) in [7, 11) is 0. The Morgan fingerprint density at radius 2 is 2.50 bits per heavy atom. The molecule has 0 fully saturated rings. The predicted molar refractivity (Wildman–Crippen MR) is 41.8 cm³/mol. The fraction of sp³-hybridized carbons (Fsp3) is 0.714. The average Bonchev–Trinajstić information content (AvgIpc) is 2.44. The van der Waals surface area contributed by atoms with E-state index < -0.39 is 0 Å². The van der Waals surface area contributed by atoms with E-state index in [0.29, 0.717) is 26.3 Å². The van der Waals surface area contributed by atoms with Gasteiger partial charge in [-0.3, -0.25) is 4.57 Å². The third kappa shape index (κ3) is 0.972. The third-order valence-corrected chi connectivity index (χ3v) is 1.99. The average molecular weight is 169 g/mol. The van der Waals surface area contributed by atoms with Gasteiger partial charge < -0.3 is 4.74 Å². The fourth-order valence-corrected chi connectivity index (χ4v) is 1.34. The Balaban J connectivity index is 2.52. The van der Waals surface area contributed by atoms with E-state index >= 15 is 0 Å². The van der Waals surface area contributed by atoms with Crippen molar-refractivity contribution in [2.45, 2.75) is 26.6 Å². The van der Waals surface area contributed by atoms with E-state index in [-0.39, 0.29) is 5.69 Å². The number of rotatable bonds is 1. The minimum absolute atomic E-state index is 0.0178. The summed E-state index contributed by atoms with van der Waals surface area (Å²) in [6, 6.07) is 0. The van der Waals surface area contributed by atoms with Gasteiger partial charge in [0.15, 0.2) is 5.82 Å². The Labute approximate surface area is 69.6 Å². The molecule has 2 rings (SSSR count). The van der Waals surface area contributed by atoms with Crippen molar-refractivity contribution in [2.75, 3.05) is 6.61 Å². The van der Waals surface area contributed by atoms with Gasteiger partial charge in [-0.15, -0.1) is 0 Å². The van der Waals surface area contributed by atoms with E-state index in [4.69, 9.17) is 4.74 Å². The number of ether oxygens (including phenoxy) is 1. The molecular formula is C7H11N3O2. The van der Waals surface area contributed by atoms with Crippen LogP contribution in [0.5, 0.6) is 0 Å². The zero-order valence-electron chi connectivity index (χ0n) is 6.99. The predicted octanol–water partition coefficient (Wildman–Crippen LogP) is -0.405. The lowest BCUT2D eigenvalue weighted by atomic mass is 10.5. The molecule has 12 heavy (non-hydrogen) atoms. The highest BCUT2D eigenvalue weighted by Crippen LogP contribution is 2.01. The highest BCUT2D eigenvalue weighted by molar-refractivity contribution is 4.87. The maximum Gasteiger partial charge on any atom is 0.346 e. The largest absolute Gasteiger partial charge is 0.372 e. The van der Waals surface area contributed by atoms with Crippen LogP contribution in [-0.4, -0.2) is 21.0 Å². The summed E-state index contributed by atoms with van der Waals surface area (Å²) in [5, 5.41) is 4.11. The van der Waals surface area contributed by atoms with Gasteiger partial charge >= 0.3 is 5.69 Å². The fourth-order valence-electron chi connectivity index (χ4n) is 1.34. The molecule has 0 aromatic carbocycles. The van der Waals surface area contributed by atoms with Crippen molar-refractivity contribution in [1.29, 1.82) is 0 Å². The Hall–Kier alpha value is -1.10. The second kappa shape index (κ2) is 2.75. The minimum atomic E-state index is -0.0178. The molecule has 0 atom stereocenters. The summed E-state index contributed by atoms with van der Waals surface area (Å²) < 4.78 is 8.31. The Morgan fingerprint density at radius 3 is 3.17 bits per heavy atom. The summed E-state index contributed by atoms with van der Waals surface area (Å²) in [5.41, 5.74) is -0.0178. The summed E-state index contributed by atoms with van der Waals surface area (Å²) in [5.74, 6) is 0.744. The smallest absolute Gasteiger partial charge is 0.346 e. The van der Waals surface area contributed by atoms with Crippen LogP contribution in [0, 0.1) is 0 Å². The summed E-state index contributed by atoms with van der Waals surface area (Å²) in [6.07, 6.45) is 0. The molecule has 0 saturated heterocycles. The molecular weight excluding hydrogens is 158 g/mol. The van der Waals surface area contributed by atoms with Crippen molar-refractivity contribution in [3.63, 3.8) is 0 Å². The van der Waals surface area contributed by atoms with E-state index in [9.17, 15) is 4.79 Å². The zero-order chi connectivity index (χ0) is 8.55. The summed E-state index contributed by atoms with van der Waals surface area (Å²) in [6.45, 7) is 4.23. The van der Waals surface area contributed by atoms with Crippen molar-refractivity contribution in [1.82, 2.24) is 14.3 Å². The quantitative estimate of drug-likeness (QED) is 0.574. The second-order valence-corrected chi connectivity index (χ2v) is 2.72. The highest BCUT2D eigenvalue weighted by atomic mass is 16.5. The monoisotopic (exact) mass is 169 g/mol. The zero-order valence-corrected chi connectivity index (χ0v) is 6.99. The van der Waals surface area contributed by atoms with Crippen LogP contribution < -0.4 is 5.69 Å². The van der Waals surface area contributed by atoms with E-state index in [0.717, 1.165) is 5.82 Å². The van der Waals surface area contributed by atoms with Gasteiger partial charge in [0.1, 0.15) is 6.61 Å². The standard InChI is InChI=1S/C7H11N3O2/c1-2-10-7(11)9-3-4-12-5-6(9)8-10/h2-5H2,1H3. The number of aromatic nitrogens is 3. The van der Waals surface area contributed by atoms with Crippen molar-refractivity contribution in [2.24, 2.45) is 0 Å². The van der Waals surface area contributed by atoms with E-state index in [1.165, 1.54) is 4.68 Å². The normalized spacial score (nSPS) is 16.1. The van der Waals surface area contributed by atoms with Crippen LogP contribution in [0.2, 0.25) is 0 Å². The second-order valence-electron chi connectivity index (χ2n) is 2.72. The van der Waals surface area contributed by atoms with E-state index in [1.807, 2.05) is 6.92 Å². The van der Waals surface area contributed by atoms with E-state index in [2.05, 4.69) is 5.10 Å². The first kappa shape index (κ1) is 7.54. The van der Waals surface area contributed by atoms with Crippen molar-refractivity contribution >= 4 is 0 Å². The lowest BCUT2D eigenvalue weighted by Crippen LogP contribution is -2.28. The topological polar surface area (TPSA) is 49.0 Å². The molecule has 0 aliphatic carbocycles. The molecule has 2 heterocycles. The molecule has 0 bridgehead atoms. The highest BCUT2D eigenvalue weighted by Gasteiger charge is 2.15. The molecule has 0 spiro atoms. The van der Waals surface area contributed by atoms with Crippen LogP contribution in [0.1, 0.15) is 12.7 Å². The maximum atomic E-state index is 11.5. The first-order chi connectivity index (χ1) is 5.83. The molecule has 1 aliphatic rings. The number of aryl methyl sites for hydroxylation is 1. The van der Waals surface area contributed by atoms with Crippen LogP contribution in [0.3, 0.4) is 0 Å². The SMILES string of the molecule is CCn1nc2n(c1=O)CCOC2. The lowest BCUT2D eigenvalue weighted by Gasteiger charge is -2.11. The van der Waals surface area contributed by atoms with Gasteiger partial charge in [0, 0.05) is 6.54 Å². The third-order valence-electron chi connectivity index (χ3n) is 1.99. The minimum Gasteiger partial charge on any atom is -0.372 e. The van der Waals surface area contributed by atoms with Gasteiger partial charge in [-0.1, -0.05) is 0 Å². The van der Waals surface area contributed by atoms with Crippen LogP contribution in [-0.2, 0) is 24.4 Å². The molecule has 66 valence electrons. The van der Waals surface area contributed by atoms with Crippen molar-refractivity contribution in [3.8, 4) is 0 Å². The Kier molecular flexibility index (Phi) is 1.73. The van der Waals surface area contributed by atoms with Gasteiger partial charge in [0.25, 0.3) is 0 Å². The molecule has 1 aromatic rings.